The maximum atomic E-state index is 11.9. The van der Waals surface area contributed by atoms with Crippen molar-refractivity contribution in [3.05, 3.63) is 0 Å². The van der Waals surface area contributed by atoms with Crippen LogP contribution < -0.4 is 10.6 Å². The quantitative estimate of drug-likeness (QED) is 0.781. The molecule has 0 spiro atoms. The molecule has 0 aliphatic heterocycles. The second-order valence-corrected chi connectivity index (χ2v) is 5.77. The van der Waals surface area contributed by atoms with Crippen molar-refractivity contribution >= 4 is 12.0 Å². The number of hydrogen-bond acceptors (Lipinski definition) is 3. The highest BCUT2D eigenvalue weighted by Gasteiger charge is 2.22. The Morgan fingerprint density at radius 1 is 1.16 bits per heavy atom. The second-order valence-electron chi connectivity index (χ2n) is 5.77. The summed E-state index contributed by atoms with van der Waals surface area (Å²) >= 11 is 0. The van der Waals surface area contributed by atoms with Gasteiger partial charge < -0.3 is 15.4 Å². The van der Waals surface area contributed by atoms with Crippen LogP contribution in [-0.2, 0) is 9.53 Å². The van der Waals surface area contributed by atoms with Crippen molar-refractivity contribution in [2.45, 2.75) is 78.5 Å². The summed E-state index contributed by atoms with van der Waals surface area (Å²) in [5.41, 5.74) is -0.561. The van der Waals surface area contributed by atoms with Crippen LogP contribution in [0.15, 0.2) is 0 Å². The maximum absolute atomic E-state index is 11.9. The Balaban J connectivity index is 4.23. The molecule has 5 nitrogen and oxygen atoms in total. The van der Waals surface area contributed by atoms with Gasteiger partial charge in [-0.3, -0.25) is 4.79 Å². The maximum Gasteiger partial charge on any atom is 0.408 e. The molecule has 0 aromatic rings. The minimum atomic E-state index is -0.597. The van der Waals surface area contributed by atoms with Crippen LogP contribution in [-0.4, -0.2) is 29.7 Å². The largest absolute Gasteiger partial charge is 0.444 e. The van der Waals surface area contributed by atoms with Gasteiger partial charge in [-0.25, -0.2) is 4.79 Å². The molecule has 0 aliphatic carbocycles. The molecule has 2 N–H and O–H groups in total. The number of hydrogen-bond donors (Lipinski definition) is 2. The topological polar surface area (TPSA) is 67.4 Å². The summed E-state index contributed by atoms with van der Waals surface area (Å²) in [4.78, 5) is 23.4. The molecule has 2 unspecified atom stereocenters. The van der Waals surface area contributed by atoms with Gasteiger partial charge in [-0.15, -0.1) is 0 Å². The zero-order chi connectivity index (χ0) is 15.1. The first-order valence-corrected chi connectivity index (χ1v) is 6.99. The molecule has 0 saturated carbocycles. The van der Waals surface area contributed by atoms with Crippen molar-refractivity contribution in [3.63, 3.8) is 0 Å². The third-order valence-electron chi connectivity index (χ3n) is 2.60. The fourth-order valence-corrected chi connectivity index (χ4v) is 1.60. The van der Waals surface area contributed by atoms with Crippen molar-refractivity contribution in [1.29, 1.82) is 0 Å². The van der Waals surface area contributed by atoms with Gasteiger partial charge in [-0.05, 0) is 40.5 Å². The van der Waals surface area contributed by atoms with E-state index in [4.69, 9.17) is 4.74 Å². The molecule has 0 bridgehead atoms. The van der Waals surface area contributed by atoms with Crippen molar-refractivity contribution in [3.8, 4) is 0 Å². The first kappa shape index (κ1) is 17.7. The summed E-state index contributed by atoms with van der Waals surface area (Å²) in [6, 6.07) is -0.429. The lowest BCUT2D eigenvalue weighted by molar-refractivity contribution is -0.123. The Kier molecular flexibility index (Phi) is 7.49. The molecule has 0 saturated heterocycles. The van der Waals surface area contributed by atoms with Gasteiger partial charge in [0, 0.05) is 6.04 Å². The van der Waals surface area contributed by atoms with Crippen LogP contribution in [0.3, 0.4) is 0 Å². The summed E-state index contributed by atoms with van der Waals surface area (Å²) in [7, 11) is 0. The van der Waals surface area contributed by atoms with E-state index in [0.717, 1.165) is 19.3 Å². The van der Waals surface area contributed by atoms with Gasteiger partial charge in [0.1, 0.15) is 11.6 Å². The third kappa shape index (κ3) is 8.46. The molecule has 0 radical (unpaired) electrons. The minimum absolute atomic E-state index is 0.167. The van der Waals surface area contributed by atoms with Crippen LogP contribution in [0.4, 0.5) is 4.79 Å². The molecular formula is C14H28N2O3. The van der Waals surface area contributed by atoms with Crippen molar-refractivity contribution < 1.29 is 14.3 Å². The summed E-state index contributed by atoms with van der Waals surface area (Å²) in [6.07, 6.45) is 2.28. The van der Waals surface area contributed by atoms with E-state index in [2.05, 4.69) is 17.6 Å². The van der Waals surface area contributed by atoms with Crippen LogP contribution in [0.5, 0.6) is 0 Å². The molecule has 19 heavy (non-hydrogen) atoms. The Labute approximate surface area is 116 Å². The van der Waals surface area contributed by atoms with Crippen LogP contribution in [0.1, 0.15) is 60.8 Å². The van der Waals surface area contributed by atoms with Crippen LogP contribution >= 0.6 is 0 Å². The Hall–Kier alpha value is -1.26. The highest BCUT2D eigenvalue weighted by atomic mass is 16.6. The van der Waals surface area contributed by atoms with Gasteiger partial charge in [0.2, 0.25) is 5.91 Å². The zero-order valence-corrected chi connectivity index (χ0v) is 13.0. The molecule has 0 heterocycles. The van der Waals surface area contributed by atoms with Crippen molar-refractivity contribution in [2.75, 3.05) is 0 Å². The molecular weight excluding hydrogens is 244 g/mol. The molecule has 2 amide bonds. The number of rotatable bonds is 6. The molecule has 0 rings (SSSR count). The van der Waals surface area contributed by atoms with Gasteiger partial charge in [0.05, 0.1) is 0 Å². The molecule has 0 aliphatic rings. The molecule has 2 atom stereocenters. The predicted molar refractivity (Wildman–Crippen MR) is 76.0 cm³/mol. The number of alkyl carbamates (subject to hydrolysis) is 1. The van der Waals surface area contributed by atoms with Crippen LogP contribution in [0, 0.1) is 0 Å². The molecule has 0 aromatic carbocycles. The van der Waals surface area contributed by atoms with Gasteiger partial charge in [-0.2, -0.15) is 0 Å². The van der Waals surface area contributed by atoms with Gasteiger partial charge in [-0.1, -0.05) is 20.3 Å². The van der Waals surface area contributed by atoms with Crippen LogP contribution in [0.25, 0.3) is 0 Å². The number of carbonyl (C=O) groups excluding carboxylic acids is 2. The Morgan fingerprint density at radius 3 is 2.16 bits per heavy atom. The average Bonchev–Trinajstić information content (AvgIpc) is 2.25. The summed E-state index contributed by atoms with van der Waals surface area (Å²) < 4.78 is 5.11. The van der Waals surface area contributed by atoms with Gasteiger partial charge >= 0.3 is 6.09 Å². The minimum Gasteiger partial charge on any atom is -0.444 e. The van der Waals surface area contributed by atoms with Crippen molar-refractivity contribution in [2.24, 2.45) is 0 Å². The smallest absolute Gasteiger partial charge is 0.408 e. The highest BCUT2D eigenvalue weighted by molar-refractivity contribution is 5.85. The Bertz CT molecular complexity index is 298. The predicted octanol–water partition coefficient (Wildman–Crippen LogP) is 2.59. The highest BCUT2D eigenvalue weighted by Crippen LogP contribution is 2.07. The van der Waals surface area contributed by atoms with E-state index < -0.39 is 17.7 Å². The van der Waals surface area contributed by atoms with E-state index in [0.29, 0.717) is 0 Å². The molecule has 5 heteroatoms. The van der Waals surface area contributed by atoms with Crippen molar-refractivity contribution in [1.82, 2.24) is 10.6 Å². The number of ether oxygens (including phenoxy) is 1. The Morgan fingerprint density at radius 2 is 1.74 bits per heavy atom. The SMILES string of the molecule is CCCC(CC)NC(=O)C(C)NC(=O)OC(C)(C)C. The van der Waals surface area contributed by atoms with Gasteiger partial charge in [0.25, 0.3) is 0 Å². The first-order valence-electron chi connectivity index (χ1n) is 6.99. The lowest BCUT2D eigenvalue weighted by atomic mass is 10.1. The average molecular weight is 272 g/mol. The normalized spacial score (nSPS) is 14.4. The van der Waals surface area contributed by atoms with E-state index in [1.807, 2.05) is 6.92 Å². The first-order chi connectivity index (χ1) is 8.69. The van der Waals surface area contributed by atoms with E-state index in [9.17, 15) is 9.59 Å². The summed E-state index contributed by atoms with van der Waals surface area (Å²) in [6.45, 7) is 11.1. The number of nitrogens with one attached hydrogen (secondary N) is 2. The standard InChI is InChI=1S/C14H28N2O3/c1-7-9-11(8-2)16-12(17)10(3)15-13(18)19-14(4,5)6/h10-11H,7-9H2,1-6H3,(H,15,18)(H,16,17). The third-order valence-corrected chi connectivity index (χ3v) is 2.60. The molecule has 0 fully saturated rings. The molecule has 0 aromatic heterocycles. The lowest BCUT2D eigenvalue weighted by Crippen LogP contribution is -2.49. The van der Waals surface area contributed by atoms with Gasteiger partial charge in [0.15, 0.2) is 0 Å². The number of carbonyl (C=O) groups is 2. The summed E-state index contributed by atoms with van der Waals surface area (Å²) in [5, 5.41) is 5.46. The van der Waals surface area contributed by atoms with E-state index in [1.165, 1.54) is 0 Å². The fraction of sp³-hybridized carbons (Fsp3) is 0.857. The van der Waals surface area contributed by atoms with E-state index in [1.54, 1.807) is 27.7 Å². The monoisotopic (exact) mass is 272 g/mol. The zero-order valence-electron chi connectivity index (χ0n) is 13.0. The fourth-order valence-electron chi connectivity index (χ4n) is 1.60. The lowest BCUT2D eigenvalue weighted by Gasteiger charge is -2.23. The van der Waals surface area contributed by atoms with Crippen LogP contribution in [0.2, 0.25) is 0 Å². The molecule has 112 valence electrons. The number of amides is 2. The van der Waals surface area contributed by atoms with E-state index >= 15 is 0 Å². The van der Waals surface area contributed by atoms with E-state index in [-0.39, 0.29) is 11.9 Å². The summed E-state index contributed by atoms with van der Waals surface area (Å²) in [5.74, 6) is -0.175. The second kappa shape index (κ2) is 8.02.